The molecule has 0 radical (unpaired) electrons. The number of ether oxygens (including phenoxy) is 3. The summed E-state index contributed by atoms with van der Waals surface area (Å²) >= 11 is 0. The summed E-state index contributed by atoms with van der Waals surface area (Å²) in [5.74, 6) is 1.81. The monoisotopic (exact) mass is 321 g/mol. The molecule has 5 nitrogen and oxygen atoms in total. The Kier molecular flexibility index (Phi) is 6.71. The molecule has 1 N–H and O–H groups in total. The van der Waals surface area contributed by atoms with Crippen LogP contribution < -0.4 is 14.8 Å². The maximum absolute atomic E-state index is 11.7. The fourth-order valence-corrected chi connectivity index (χ4v) is 2.54. The van der Waals surface area contributed by atoms with Gasteiger partial charge in [-0.25, -0.2) is 0 Å². The Morgan fingerprint density at radius 3 is 2.87 bits per heavy atom. The predicted octanol–water partition coefficient (Wildman–Crippen LogP) is 2.92. The Bertz CT molecular complexity index is 510. The van der Waals surface area contributed by atoms with Gasteiger partial charge in [0.05, 0.1) is 13.2 Å². The number of benzene rings is 1. The van der Waals surface area contributed by atoms with E-state index in [0.717, 1.165) is 25.0 Å². The van der Waals surface area contributed by atoms with E-state index in [1.54, 1.807) is 7.11 Å². The summed E-state index contributed by atoms with van der Waals surface area (Å²) in [5, 5.41) is 2.92. The summed E-state index contributed by atoms with van der Waals surface area (Å²) in [4.78, 5) is 11.7. The summed E-state index contributed by atoms with van der Waals surface area (Å²) in [6, 6.07) is 5.74. The number of carbonyl (C=O) groups excluding carboxylic acids is 1. The van der Waals surface area contributed by atoms with Crippen LogP contribution in [0, 0.1) is 5.92 Å². The first-order valence-corrected chi connectivity index (χ1v) is 8.26. The molecule has 0 bridgehead atoms. The van der Waals surface area contributed by atoms with Gasteiger partial charge in [-0.15, -0.1) is 0 Å². The molecule has 1 aromatic rings. The quantitative estimate of drug-likeness (QED) is 0.800. The van der Waals surface area contributed by atoms with Gasteiger partial charge in [-0.1, -0.05) is 19.9 Å². The van der Waals surface area contributed by atoms with Crippen molar-refractivity contribution in [3.63, 3.8) is 0 Å². The van der Waals surface area contributed by atoms with Crippen LogP contribution in [0.1, 0.15) is 38.7 Å². The molecule has 5 heteroatoms. The number of hydrogen-bond donors (Lipinski definition) is 1. The minimum Gasteiger partial charge on any atom is -0.493 e. The maximum Gasteiger partial charge on any atom is 0.220 e. The standard InChI is InChI=1S/C18H27NO4/c1-13(2)9-18(20)19-11-14-6-7-16(17(10-14)21-3)23-12-15-5-4-8-22-15/h6-7,10,13,15H,4-5,8-9,11-12H2,1-3H3,(H,19,20)/t15-/m0/s1. The molecule has 1 aliphatic rings. The highest BCUT2D eigenvalue weighted by atomic mass is 16.5. The highest BCUT2D eigenvalue weighted by Gasteiger charge is 2.17. The zero-order chi connectivity index (χ0) is 16.7. The number of methoxy groups -OCH3 is 1. The molecule has 1 amide bonds. The van der Waals surface area contributed by atoms with Crippen molar-refractivity contribution in [1.82, 2.24) is 5.32 Å². The summed E-state index contributed by atoms with van der Waals surface area (Å²) in [7, 11) is 1.62. The molecular formula is C18H27NO4. The molecule has 1 atom stereocenters. The lowest BCUT2D eigenvalue weighted by atomic mass is 10.1. The van der Waals surface area contributed by atoms with Gasteiger partial charge < -0.3 is 19.5 Å². The number of rotatable bonds is 8. The average Bonchev–Trinajstić information content (AvgIpc) is 3.04. The molecule has 2 rings (SSSR count). The molecule has 0 spiro atoms. The molecule has 0 aliphatic carbocycles. The highest BCUT2D eigenvalue weighted by Crippen LogP contribution is 2.29. The lowest BCUT2D eigenvalue weighted by molar-refractivity contribution is -0.121. The molecule has 0 saturated carbocycles. The Morgan fingerprint density at radius 1 is 1.39 bits per heavy atom. The smallest absolute Gasteiger partial charge is 0.220 e. The number of nitrogens with one attached hydrogen (secondary N) is 1. The van der Waals surface area contributed by atoms with Crippen molar-refractivity contribution in [2.45, 2.75) is 45.8 Å². The molecule has 1 saturated heterocycles. The summed E-state index contributed by atoms with van der Waals surface area (Å²) in [5.41, 5.74) is 0.989. The van der Waals surface area contributed by atoms with Gasteiger partial charge >= 0.3 is 0 Å². The largest absolute Gasteiger partial charge is 0.493 e. The van der Waals surface area contributed by atoms with Gasteiger partial charge in [0.1, 0.15) is 6.61 Å². The van der Waals surface area contributed by atoms with E-state index in [9.17, 15) is 4.79 Å². The van der Waals surface area contributed by atoms with Crippen LogP contribution in [0.15, 0.2) is 18.2 Å². The van der Waals surface area contributed by atoms with E-state index < -0.39 is 0 Å². The van der Waals surface area contributed by atoms with Crippen molar-refractivity contribution in [2.75, 3.05) is 20.3 Å². The van der Waals surface area contributed by atoms with Gasteiger partial charge in [0.2, 0.25) is 5.91 Å². The maximum atomic E-state index is 11.7. The second kappa shape index (κ2) is 8.77. The third-order valence-corrected chi connectivity index (χ3v) is 3.76. The molecule has 128 valence electrons. The molecule has 0 aromatic heterocycles. The molecule has 1 aromatic carbocycles. The minimum absolute atomic E-state index is 0.0673. The normalized spacial score (nSPS) is 17.3. The van der Waals surface area contributed by atoms with Crippen LogP contribution in [0.5, 0.6) is 11.5 Å². The van der Waals surface area contributed by atoms with Crippen LogP contribution in [-0.2, 0) is 16.1 Å². The van der Waals surface area contributed by atoms with Crippen molar-refractivity contribution in [3.8, 4) is 11.5 Å². The second-order valence-electron chi connectivity index (χ2n) is 6.31. The molecule has 1 heterocycles. The van der Waals surface area contributed by atoms with E-state index in [4.69, 9.17) is 14.2 Å². The van der Waals surface area contributed by atoms with Gasteiger partial charge in [0.25, 0.3) is 0 Å². The van der Waals surface area contributed by atoms with Crippen molar-refractivity contribution >= 4 is 5.91 Å². The van der Waals surface area contributed by atoms with E-state index in [-0.39, 0.29) is 12.0 Å². The van der Waals surface area contributed by atoms with Crippen LogP contribution in [0.25, 0.3) is 0 Å². The summed E-state index contributed by atoms with van der Waals surface area (Å²) < 4.78 is 16.8. The highest BCUT2D eigenvalue weighted by molar-refractivity contribution is 5.76. The summed E-state index contributed by atoms with van der Waals surface area (Å²) in [6.45, 7) is 5.92. The Morgan fingerprint density at radius 2 is 2.22 bits per heavy atom. The van der Waals surface area contributed by atoms with Crippen molar-refractivity contribution in [2.24, 2.45) is 5.92 Å². The Hall–Kier alpha value is -1.75. The Labute approximate surface area is 138 Å². The van der Waals surface area contributed by atoms with Gasteiger partial charge in [-0.2, -0.15) is 0 Å². The molecule has 1 fully saturated rings. The van der Waals surface area contributed by atoms with E-state index in [1.807, 2.05) is 32.0 Å². The van der Waals surface area contributed by atoms with Crippen LogP contribution in [-0.4, -0.2) is 32.3 Å². The topological polar surface area (TPSA) is 56.8 Å². The van der Waals surface area contributed by atoms with Crippen molar-refractivity contribution < 1.29 is 19.0 Å². The van der Waals surface area contributed by atoms with Gasteiger partial charge in [-0.3, -0.25) is 4.79 Å². The first kappa shape index (κ1) is 17.6. The minimum atomic E-state index is 0.0673. The fraction of sp³-hybridized carbons (Fsp3) is 0.611. The van der Waals surface area contributed by atoms with E-state index in [0.29, 0.717) is 37.0 Å². The third kappa shape index (κ3) is 5.75. The number of amides is 1. The van der Waals surface area contributed by atoms with Crippen LogP contribution in [0.4, 0.5) is 0 Å². The lowest BCUT2D eigenvalue weighted by Gasteiger charge is -2.15. The second-order valence-corrected chi connectivity index (χ2v) is 6.31. The number of hydrogen-bond acceptors (Lipinski definition) is 4. The van der Waals surface area contributed by atoms with Crippen molar-refractivity contribution in [1.29, 1.82) is 0 Å². The number of carbonyl (C=O) groups is 1. The summed E-state index contributed by atoms with van der Waals surface area (Å²) in [6.07, 6.45) is 2.86. The van der Waals surface area contributed by atoms with E-state index >= 15 is 0 Å². The molecule has 0 unspecified atom stereocenters. The lowest BCUT2D eigenvalue weighted by Crippen LogP contribution is -2.23. The Balaban J connectivity index is 1.88. The molecular weight excluding hydrogens is 294 g/mol. The molecule has 23 heavy (non-hydrogen) atoms. The zero-order valence-corrected chi connectivity index (χ0v) is 14.3. The van der Waals surface area contributed by atoms with Crippen LogP contribution in [0.2, 0.25) is 0 Å². The predicted molar refractivity (Wildman–Crippen MR) is 88.8 cm³/mol. The first-order valence-electron chi connectivity index (χ1n) is 8.26. The van der Waals surface area contributed by atoms with Crippen LogP contribution in [0.3, 0.4) is 0 Å². The van der Waals surface area contributed by atoms with Gasteiger partial charge in [0.15, 0.2) is 11.5 Å². The first-order chi connectivity index (χ1) is 11.1. The average molecular weight is 321 g/mol. The van der Waals surface area contributed by atoms with Crippen LogP contribution >= 0.6 is 0 Å². The van der Waals surface area contributed by atoms with Gasteiger partial charge in [-0.05, 0) is 36.5 Å². The molecule has 1 aliphatic heterocycles. The van der Waals surface area contributed by atoms with E-state index in [2.05, 4.69) is 5.32 Å². The van der Waals surface area contributed by atoms with Crippen molar-refractivity contribution in [3.05, 3.63) is 23.8 Å². The van der Waals surface area contributed by atoms with E-state index in [1.165, 1.54) is 0 Å². The third-order valence-electron chi connectivity index (χ3n) is 3.76. The fourth-order valence-electron chi connectivity index (χ4n) is 2.54. The SMILES string of the molecule is COc1cc(CNC(=O)CC(C)C)ccc1OC[C@@H]1CCCO1. The zero-order valence-electron chi connectivity index (χ0n) is 14.3. The van der Waals surface area contributed by atoms with Gasteiger partial charge in [0, 0.05) is 19.6 Å².